The van der Waals surface area contributed by atoms with Crippen LogP contribution in [0.1, 0.15) is 18.9 Å². The summed E-state index contributed by atoms with van der Waals surface area (Å²) in [5.41, 5.74) is 1.55. The molecule has 2 rings (SSSR count). The van der Waals surface area contributed by atoms with Crippen molar-refractivity contribution >= 4 is 21.6 Å². The molecule has 2 aromatic rings. The van der Waals surface area contributed by atoms with E-state index in [1.54, 1.807) is 12.1 Å². The van der Waals surface area contributed by atoms with Crippen molar-refractivity contribution in [2.24, 2.45) is 0 Å². The molecule has 0 aliphatic rings. The summed E-state index contributed by atoms with van der Waals surface area (Å²) in [6.07, 6.45) is 3.15. The van der Waals surface area contributed by atoms with Gasteiger partial charge in [0.2, 0.25) is 15.9 Å². The van der Waals surface area contributed by atoms with E-state index in [1.165, 1.54) is 25.8 Å². The van der Waals surface area contributed by atoms with Gasteiger partial charge >= 0.3 is 0 Å². The summed E-state index contributed by atoms with van der Waals surface area (Å²) in [7, 11) is -0.753. The Kier molecular flexibility index (Phi) is 8.99. The third kappa shape index (κ3) is 7.36. The lowest BCUT2D eigenvalue weighted by Crippen LogP contribution is -2.41. The number of nitrogens with zero attached hydrogens (tertiary/aromatic N) is 1. The van der Waals surface area contributed by atoms with E-state index in [1.807, 2.05) is 24.3 Å². The lowest BCUT2D eigenvalue weighted by atomic mass is 10.1. The van der Waals surface area contributed by atoms with Crippen LogP contribution in [-0.4, -0.2) is 54.5 Å². The lowest BCUT2D eigenvalue weighted by molar-refractivity contribution is -0.119. The highest BCUT2D eigenvalue weighted by Crippen LogP contribution is 2.32. The minimum Gasteiger partial charge on any atom is -0.493 e. The van der Waals surface area contributed by atoms with Gasteiger partial charge in [-0.2, -0.15) is 0 Å². The fraction of sp³-hybridized carbons (Fsp3) is 0.409. The van der Waals surface area contributed by atoms with Crippen molar-refractivity contribution in [2.45, 2.75) is 19.8 Å². The van der Waals surface area contributed by atoms with Gasteiger partial charge in [-0.15, -0.1) is 0 Å². The maximum absolute atomic E-state index is 12.4. The molecule has 0 spiro atoms. The number of sulfonamides is 1. The maximum atomic E-state index is 12.4. The van der Waals surface area contributed by atoms with Gasteiger partial charge in [-0.3, -0.25) is 9.10 Å². The number of anilines is 1. The summed E-state index contributed by atoms with van der Waals surface area (Å²) >= 11 is 0. The first-order chi connectivity index (χ1) is 14.8. The van der Waals surface area contributed by atoms with Gasteiger partial charge in [0.25, 0.3) is 0 Å². The molecule has 9 heteroatoms. The average molecular weight is 451 g/mol. The highest BCUT2D eigenvalue weighted by atomic mass is 32.2. The molecule has 0 atom stereocenters. The number of ether oxygens (including phenoxy) is 3. The largest absolute Gasteiger partial charge is 0.493 e. The number of hydrogen-bond acceptors (Lipinski definition) is 6. The van der Waals surface area contributed by atoms with Crippen molar-refractivity contribution in [1.29, 1.82) is 0 Å². The first kappa shape index (κ1) is 24.3. The SMILES string of the molecule is CCCc1ccc(OCCNC(=O)CN(c2ccc(OC)c(OC)c2)S(C)(=O)=O)cc1. The van der Waals surface area contributed by atoms with E-state index in [4.69, 9.17) is 14.2 Å². The molecule has 0 bridgehead atoms. The zero-order chi connectivity index (χ0) is 22.9. The van der Waals surface area contributed by atoms with Crippen LogP contribution in [0.4, 0.5) is 5.69 Å². The molecular formula is C22H30N2O6S. The van der Waals surface area contributed by atoms with E-state index in [9.17, 15) is 13.2 Å². The molecule has 0 aliphatic carbocycles. The minimum atomic E-state index is -3.70. The Morgan fingerprint density at radius 2 is 1.71 bits per heavy atom. The third-order valence-electron chi connectivity index (χ3n) is 4.50. The Bertz CT molecular complexity index is 960. The second-order valence-electron chi connectivity index (χ2n) is 6.90. The number of aryl methyl sites for hydroxylation is 1. The topological polar surface area (TPSA) is 94.2 Å². The standard InChI is InChI=1S/C22H30N2O6S/c1-5-6-17-7-10-19(11-8-17)30-14-13-23-22(25)16-24(31(4,26)27)18-9-12-20(28-2)21(15-18)29-3/h7-12,15H,5-6,13-14,16H2,1-4H3,(H,23,25). The Morgan fingerprint density at radius 3 is 2.29 bits per heavy atom. The molecule has 1 N–H and O–H groups in total. The number of nitrogens with one attached hydrogen (secondary N) is 1. The van der Waals surface area contributed by atoms with Crippen LogP contribution in [0.5, 0.6) is 17.2 Å². The lowest BCUT2D eigenvalue weighted by Gasteiger charge is -2.23. The van der Waals surface area contributed by atoms with E-state index in [0.717, 1.165) is 29.2 Å². The molecule has 31 heavy (non-hydrogen) atoms. The molecule has 0 aliphatic heterocycles. The normalized spacial score (nSPS) is 11.0. The molecule has 0 unspecified atom stereocenters. The number of amides is 1. The van der Waals surface area contributed by atoms with Gasteiger partial charge in [0.1, 0.15) is 18.9 Å². The van der Waals surface area contributed by atoms with E-state index < -0.39 is 15.9 Å². The maximum Gasteiger partial charge on any atom is 0.240 e. The molecule has 1 amide bonds. The monoisotopic (exact) mass is 450 g/mol. The van der Waals surface area contributed by atoms with Gasteiger partial charge in [0.05, 0.1) is 32.7 Å². The van der Waals surface area contributed by atoms with Gasteiger partial charge in [0.15, 0.2) is 11.5 Å². The summed E-state index contributed by atoms with van der Waals surface area (Å²) < 4.78 is 41.6. The second kappa shape index (κ2) is 11.5. The predicted octanol–water partition coefficient (Wildman–Crippen LogP) is 2.62. The van der Waals surface area contributed by atoms with Crippen molar-refractivity contribution in [3.8, 4) is 17.2 Å². The Morgan fingerprint density at radius 1 is 1.03 bits per heavy atom. The molecule has 0 saturated heterocycles. The minimum absolute atomic E-state index is 0.249. The van der Waals surface area contributed by atoms with E-state index in [-0.39, 0.29) is 19.7 Å². The fourth-order valence-corrected chi connectivity index (χ4v) is 3.82. The van der Waals surface area contributed by atoms with Crippen molar-refractivity contribution in [3.63, 3.8) is 0 Å². The number of benzene rings is 2. The number of carbonyl (C=O) groups is 1. The first-order valence-corrected chi connectivity index (χ1v) is 11.8. The van der Waals surface area contributed by atoms with Gasteiger partial charge in [-0.05, 0) is 36.2 Å². The number of hydrogen-bond donors (Lipinski definition) is 1. The van der Waals surface area contributed by atoms with E-state index in [0.29, 0.717) is 17.2 Å². The predicted molar refractivity (Wildman–Crippen MR) is 121 cm³/mol. The molecule has 8 nitrogen and oxygen atoms in total. The first-order valence-electron chi connectivity index (χ1n) is 9.96. The average Bonchev–Trinajstić information content (AvgIpc) is 2.75. The van der Waals surface area contributed by atoms with Crippen molar-refractivity contribution in [2.75, 3.05) is 44.5 Å². The molecule has 0 saturated carbocycles. The van der Waals surface area contributed by atoms with Gasteiger partial charge in [0, 0.05) is 6.07 Å². The summed E-state index contributed by atoms with van der Waals surface area (Å²) in [6, 6.07) is 12.5. The van der Waals surface area contributed by atoms with Gasteiger partial charge in [-0.1, -0.05) is 25.5 Å². The van der Waals surface area contributed by atoms with Crippen LogP contribution in [0.25, 0.3) is 0 Å². The smallest absolute Gasteiger partial charge is 0.240 e. The van der Waals surface area contributed by atoms with Crippen molar-refractivity contribution < 1.29 is 27.4 Å². The van der Waals surface area contributed by atoms with Crippen molar-refractivity contribution in [3.05, 3.63) is 48.0 Å². The second-order valence-corrected chi connectivity index (χ2v) is 8.81. The molecule has 170 valence electrons. The quantitative estimate of drug-likeness (QED) is 0.500. The highest BCUT2D eigenvalue weighted by Gasteiger charge is 2.22. The summed E-state index contributed by atoms with van der Waals surface area (Å²) in [4.78, 5) is 12.4. The Balaban J connectivity index is 1.93. The van der Waals surface area contributed by atoms with Crippen LogP contribution >= 0.6 is 0 Å². The zero-order valence-electron chi connectivity index (χ0n) is 18.4. The van der Waals surface area contributed by atoms with Gasteiger partial charge in [-0.25, -0.2) is 8.42 Å². The van der Waals surface area contributed by atoms with E-state index in [2.05, 4.69) is 12.2 Å². The van der Waals surface area contributed by atoms with Gasteiger partial charge < -0.3 is 19.5 Å². The number of rotatable bonds is 12. The summed E-state index contributed by atoms with van der Waals surface area (Å²) in [5.74, 6) is 1.11. The van der Waals surface area contributed by atoms with Crippen LogP contribution in [0.3, 0.4) is 0 Å². The van der Waals surface area contributed by atoms with Crippen molar-refractivity contribution in [1.82, 2.24) is 5.32 Å². The van der Waals surface area contributed by atoms with Crippen LogP contribution < -0.4 is 23.8 Å². The van der Waals surface area contributed by atoms with Crippen LogP contribution in [0.15, 0.2) is 42.5 Å². The molecule has 0 fully saturated rings. The fourth-order valence-electron chi connectivity index (χ4n) is 2.97. The number of carbonyl (C=O) groups excluding carboxylic acids is 1. The number of methoxy groups -OCH3 is 2. The molecule has 2 aromatic carbocycles. The van der Waals surface area contributed by atoms with E-state index >= 15 is 0 Å². The Hall–Kier alpha value is -2.94. The molecule has 0 heterocycles. The third-order valence-corrected chi connectivity index (χ3v) is 5.64. The molecule has 0 radical (unpaired) electrons. The van der Waals surface area contributed by atoms with Crippen LogP contribution in [0, 0.1) is 0 Å². The molecule has 0 aromatic heterocycles. The summed E-state index contributed by atoms with van der Waals surface area (Å²) in [5, 5.41) is 2.68. The zero-order valence-corrected chi connectivity index (χ0v) is 19.2. The van der Waals surface area contributed by atoms with Crippen LogP contribution in [0.2, 0.25) is 0 Å². The van der Waals surface area contributed by atoms with Crippen LogP contribution in [-0.2, 0) is 21.2 Å². The highest BCUT2D eigenvalue weighted by molar-refractivity contribution is 7.92. The molecular weight excluding hydrogens is 420 g/mol. The summed E-state index contributed by atoms with van der Waals surface area (Å²) in [6.45, 7) is 2.29. The Labute approximate surface area is 184 Å².